The van der Waals surface area contributed by atoms with Crippen molar-refractivity contribution < 1.29 is 13.2 Å². The summed E-state index contributed by atoms with van der Waals surface area (Å²) in [5, 5.41) is 10.1. The summed E-state index contributed by atoms with van der Waals surface area (Å²) >= 11 is 0. The summed E-state index contributed by atoms with van der Waals surface area (Å²) < 4.78 is 35.8. The fraction of sp³-hybridized carbons (Fsp3) is 0.393. The van der Waals surface area contributed by atoms with E-state index in [9.17, 15) is 8.42 Å². The van der Waals surface area contributed by atoms with Crippen LogP contribution in [0.1, 0.15) is 44.2 Å². The molecule has 0 saturated carbocycles. The van der Waals surface area contributed by atoms with Gasteiger partial charge in [-0.15, -0.1) is 0 Å². The molecule has 198 valence electrons. The maximum Gasteiger partial charge on any atom is 0.243 e. The molecule has 1 fully saturated rings. The van der Waals surface area contributed by atoms with Gasteiger partial charge in [0.25, 0.3) is 0 Å². The molecule has 10 heteroatoms. The zero-order valence-corrected chi connectivity index (χ0v) is 22.3. The van der Waals surface area contributed by atoms with Crippen LogP contribution in [0.2, 0.25) is 0 Å². The van der Waals surface area contributed by atoms with Gasteiger partial charge in [0.1, 0.15) is 5.52 Å². The molecule has 1 aliphatic heterocycles. The van der Waals surface area contributed by atoms with E-state index < -0.39 is 10.0 Å². The van der Waals surface area contributed by atoms with Gasteiger partial charge in [0.05, 0.1) is 46.5 Å². The van der Waals surface area contributed by atoms with Crippen molar-refractivity contribution in [2.24, 2.45) is 5.92 Å². The summed E-state index contributed by atoms with van der Waals surface area (Å²) in [5.41, 5.74) is 9.08. The summed E-state index contributed by atoms with van der Waals surface area (Å²) in [7, 11) is -3.59. The number of fused-ring (bicyclic) bond motifs is 3. The fourth-order valence-corrected chi connectivity index (χ4v) is 6.74. The normalized spacial score (nSPS) is 16.1. The van der Waals surface area contributed by atoms with Gasteiger partial charge in [0.15, 0.2) is 5.82 Å². The Labute approximate surface area is 222 Å². The molecular weight excluding hydrogens is 500 g/mol. The quantitative estimate of drug-likeness (QED) is 0.315. The predicted octanol–water partition coefficient (Wildman–Crippen LogP) is 4.50. The van der Waals surface area contributed by atoms with Crippen LogP contribution in [0.15, 0.2) is 59.8 Å². The van der Waals surface area contributed by atoms with Gasteiger partial charge in [-0.05, 0) is 55.9 Å². The third-order valence-electron chi connectivity index (χ3n) is 7.46. The smallest absolute Gasteiger partial charge is 0.243 e. The molecule has 5 rings (SSSR count). The Morgan fingerprint density at radius 3 is 2.74 bits per heavy atom. The zero-order valence-electron chi connectivity index (χ0n) is 21.5. The van der Waals surface area contributed by atoms with Crippen molar-refractivity contribution in [1.82, 2.24) is 18.8 Å². The average Bonchev–Trinajstić information content (AvgIpc) is 3.39. The molecule has 0 bridgehead atoms. The molecule has 1 atom stereocenters. The first kappa shape index (κ1) is 26.1. The largest absolute Gasteiger partial charge is 0.382 e. The molecule has 2 aromatic heterocycles. The van der Waals surface area contributed by atoms with E-state index >= 15 is 0 Å². The highest BCUT2D eigenvalue weighted by Crippen LogP contribution is 2.30. The molecule has 1 aliphatic rings. The minimum atomic E-state index is -3.59. The van der Waals surface area contributed by atoms with Crippen LogP contribution in [0.3, 0.4) is 0 Å². The highest BCUT2D eigenvalue weighted by Gasteiger charge is 2.29. The first-order valence-electron chi connectivity index (χ1n) is 13.0. The number of benzene rings is 2. The van der Waals surface area contributed by atoms with Crippen LogP contribution in [0.5, 0.6) is 0 Å². The van der Waals surface area contributed by atoms with E-state index in [4.69, 9.17) is 15.7 Å². The van der Waals surface area contributed by atoms with Gasteiger partial charge >= 0.3 is 0 Å². The van der Waals surface area contributed by atoms with Gasteiger partial charge in [-0.3, -0.25) is 0 Å². The van der Waals surface area contributed by atoms with Gasteiger partial charge in [-0.25, -0.2) is 18.4 Å². The first-order chi connectivity index (χ1) is 18.4. The number of rotatable bonds is 9. The maximum absolute atomic E-state index is 13.0. The van der Waals surface area contributed by atoms with Crippen LogP contribution in [0.25, 0.3) is 21.9 Å². The van der Waals surface area contributed by atoms with Gasteiger partial charge in [0, 0.05) is 25.1 Å². The van der Waals surface area contributed by atoms with Crippen molar-refractivity contribution in [3.8, 4) is 6.07 Å². The van der Waals surface area contributed by atoms with E-state index in [1.54, 1.807) is 18.2 Å². The Kier molecular flexibility index (Phi) is 7.61. The lowest BCUT2D eigenvalue weighted by atomic mass is 9.95. The molecule has 2 N–H and O–H groups in total. The number of nitrogens with two attached hydrogens (primary N) is 1. The number of ether oxygens (including phenoxy) is 1. The number of anilines is 1. The number of pyridine rings is 1. The van der Waals surface area contributed by atoms with E-state index in [-0.39, 0.29) is 10.9 Å². The van der Waals surface area contributed by atoms with Crippen LogP contribution in [0, 0.1) is 17.2 Å². The minimum absolute atomic E-state index is 0.112. The molecule has 2 aromatic carbocycles. The number of nitriles is 1. The Morgan fingerprint density at radius 2 is 1.97 bits per heavy atom. The number of nitrogen functional groups attached to an aromatic ring is 1. The minimum Gasteiger partial charge on any atom is -0.382 e. The SMILES string of the molecule is CCC(COCCC1CCN(S(=O)(=O)c2cccc(C#N)c2)CC1)n1cnc2c(N)nc3ccccc3c21. The second-order valence-electron chi connectivity index (χ2n) is 9.78. The Bertz CT molecular complexity index is 1590. The molecule has 0 aliphatic carbocycles. The van der Waals surface area contributed by atoms with Crippen molar-refractivity contribution in [2.75, 3.05) is 32.0 Å². The molecule has 1 saturated heterocycles. The van der Waals surface area contributed by atoms with E-state index in [1.807, 2.05) is 36.7 Å². The van der Waals surface area contributed by atoms with Crippen molar-refractivity contribution in [2.45, 2.75) is 43.5 Å². The molecule has 9 nitrogen and oxygen atoms in total. The summed E-state index contributed by atoms with van der Waals surface area (Å²) in [4.78, 5) is 9.22. The number of para-hydroxylation sites is 1. The predicted molar refractivity (Wildman–Crippen MR) is 147 cm³/mol. The van der Waals surface area contributed by atoms with Crippen LogP contribution < -0.4 is 5.73 Å². The molecule has 4 aromatic rings. The molecule has 1 unspecified atom stereocenters. The Balaban J connectivity index is 1.16. The van der Waals surface area contributed by atoms with Gasteiger partial charge in [-0.1, -0.05) is 31.2 Å². The van der Waals surface area contributed by atoms with Crippen molar-refractivity contribution >= 4 is 37.8 Å². The Morgan fingerprint density at radius 1 is 1.18 bits per heavy atom. The number of hydrogen-bond donors (Lipinski definition) is 1. The molecule has 0 amide bonds. The monoisotopic (exact) mass is 532 g/mol. The number of nitrogens with zero attached hydrogens (tertiary/aromatic N) is 5. The lowest BCUT2D eigenvalue weighted by Gasteiger charge is -2.31. The zero-order chi connectivity index (χ0) is 26.7. The summed E-state index contributed by atoms with van der Waals surface area (Å²) in [6.45, 7) is 4.26. The summed E-state index contributed by atoms with van der Waals surface area (Å²) in [6, 6.07) is 16.3. The van der Waals surface area contributed by atoms with Crippen LogP contribution >= 0.6 is 0 Å². The fourth-order valence-electron chi connectivity index (χ4n) is 5.22. The third kappa shape index (κ3) is 5.10. The second kappa shape index (κ2) is 11.1. The average molecular weight is 533 g/mol. The molecule has 0 spiro atoms. The molecule has 3 heterocycles. The lowest BCUT2D eigenvalue weighted by molar-refractivity contribution is 0.0847. The topological polar surface area (TPSA) is 127 Å². The highest BCUT2D eigenvalue weighted by molar-refractivity contribution is 7.89. The number of piperidine rings is 1. The maximum atomic E-state index is 13.0. The van der Waals surface area contributed by atoms with E-state index in [0.29, 0.717) is 49.1 Å². The lowest BCUT2D eigenvalue weighted by Crippen LogP contribution is -2.38. The summed E-state index contributed by atoms with van der Waals surface area (Å²) in [6.07, 6.45) is 5.18. The standard InChI is InChI=1S/C28H32N6O3S/c1-2-22(34-19-31-26-27(34)24-8-3-4-9-25(24)32-28(26)30)18-37-15-12-20-10-13-33(14-11-20)38(35,36)23-7-5-6-21(16-23)17-29/h3-9,16,19-20,22H,2,10-15,18H2,1H3,(H2,30,32). The summed E-state index contributed by atoms with van der Waals surface area (Å²) in [5.74, 6) is 0.843. The van der Waals surface area contributed by atoms with Crippen LogP contribution in [0.4, 0.5) is 5.82 Å². The van der Waals surface area contributed by atoms with Crippen LogP contribution in [-0.2, 0) is 14.8 Å². The number of sulfonamides is 1. The first-order valence-corrected chi connectivity index (χ1v) is 14.4. The number of hydrogen-bond acceptors (Lipinski definition) is 7. The molecule has 0 radical (unpaired) electrons. The number of imidazole rings is 1. The van der Waals surface area contributed by atoms with E-state index in [1.165, 1.54) is 10.4 Å². The van der Waals surface area contributed by atoms with Gasteiger partial charge in [-0.2, -0.15) is 9.57 Å². The second-order valence-corrected chi connectivity index (χ2v) is 11.7. The third-order valence-corrected chi connectivity index (χ3v) is 9.35. The van der Waals surface area contributed by atoms with Crippen LogP contribution in [-0.4, -0.2) is 53.6 Å². The van der Waals surface area contributed by atoms with E-state index in [0.717, 1.165) is 42.1 Å². The van der Waals surface area contributed by atoms with Crippen molar-refractivity contribution in [3.05, 3.63) is 60.4 Å². The van der Waals surface area contributed by atoms with Crippen molar-refractivity contribution in [3.63, 3.8) is 0 Å². The molecule has 38 heavy (non-hydrogen) atoms. The van der Waals surface area contributed by atoms with E-state index in [2.05, 4.69) is 21.5 Å². The van der Waals surface area contributed by atoms with Gasteiger partial charge < -0.3 is 15.0 Å². The number of aromatic nitrogens is 3. The highest BCUT2D eigenvalue weighted by atomic mass is 32.2. The molecular formula is C28H32N6O3S. The Hall–Kier alpha value is -3.52. The van der Waals surface area contributed by atoms with Gasteiger partial charge in [0.2, 0.25) is 10.0 Å². The van der Waals surface area contributed by atoms with Crippen molar-refractivity contribution in [1.29, 1.82) is 5.26 Å².